The van der Waals surface area contributed by atoms with E-state index in [1.807, 2.05) is 68.4 Å². The highest BCUT2D eigenvalue weighted by atomic mass is 16.5. The number of allylic oxidation sites excluding steroid dienone is 3. The number of dihydropyridines is 1. The van der Waals surface area contributed by atoms with Crippen molar-refractivity contribution in [1.82, 2.24) is 5.32 Å². The minimum absolute atomic E-state index is 0.205. The Hall–Kier alpha value is -3.87. The lowest BCUT2D eigenvalue weighted by molar-refractivity contribution is -0.151. The smallest absolute Gasteiger partial charge is 0.336 e. The van der Waals surface area contributed by atoms with E-state index in [4.69, 9.17) is 14.2 Å². The summed E-state index contributed by atoms with van der Waals surface area (Å²) in [4.78, 5) is 39.3. The van der Waals surface area contributed by atoms with Gasteiger partial charge in [-0.15, -0.1) is 0 Å². The molecule has 0 aromatic heterocycles. The molecule has 1 heterocycles. The van der Waals surface area contributed by atoms with Crippen molar-refractivity contribution < 1.29 is 28.6 Å². The zero-order valence-electron chi connectivity index (χ0n) is 21.0. The summed E-state index contributed by atoms with van der Waals surface area (Å²) in [6.07, 6.45) is 0.489. The fraction of sp³-hybridized carbons (Fsp3) is 0.345. The molecule has 1 aliphatic heterocycles. The third kappa shape index (κ3) is 4.91. The number of benzene rings is 2. The number of rotatable bonds is 7. The Labute approximate surface area is 211 Å². The Bertz CT molecular complexity index is 1210. The molecule has 1 aliphatic carbocycles. The maximum atomic E-state index is 13.7. The van der Waals surface area contributed by atoms with Crippen molar-refractivity contribution in [1.29, 1.82) is 0 Å². The molecule has 0 bridgehead atoms. The number of esters is 2. The Morgan fingerprint density at radius 1 is 1.06 bits per heavy atom. The van der Waals surface area contributed by atoms with Crippen molar-refractivity contribution in [2.24, 2.45) is 11.8 Å². The van der Waals surface area contributed by atoms with Crippen LogP contribution in [0.3, 0.4) is 0 Å². The van der Waals surface area contributed by atoms with Crippen molar-refractivity contribution in [3.8, 4) is 5.75 Å². The maximum absolute atomic E-state index is 13.7. The largest absolute Gasteiger partial charge is 0.489 e. The highest BCUT2D eigenvalue weighted by molar-refractivity contribution is 6.12. The van der Waals surface area contributed by atoms with E-state index in [9.17, 15) is 14.4 Å². The molecule has 0 fully saturated rings. The summed E-state index contributed by atoms with van der Waals surface area (Å²) in [7, 11) is 1.28. The fourth-order valence-electron chi connectivity index (χ4n) is 4.99. The molecule has 7 nitrogen and oxygen atoms in total. The number of hydrogen-bond acceptors (Lipinski definition) is 7. The minimum atomic E-state index is -0.923. The molecule has 0 radical (unpaired) electrons. The Balaban J connectivity index is 1.71. The molecule has 3 atom stereocenters. The van der Waals surface area contributed by atoms with Gasteiger partial charge in [0.1, 0.15) is 18.3 Å². The third-order valence-electron chi connectivity index (χ3n) is 6.70. The van der Waals surface area contributed by atoms with Gasteiger partial charge in [-0.2, -0.15) is 0 Å². The van der Waals surface area contributed by atoms with Crippen LogP contribution in [0.15, 0.2) is 77.1 Å². The number of ether oxygens (including phenoxy) is 3. The average Bonchev–Trinajstić information content (AvgIpc) is 2.87. The van der Waals surface area contributed by atoms with Crippen LogP contribution < -0.4 is 10.1 Å². The van der Waals surface area contributed by atoms with E-state index in [1.54, 1.807) is 6.92 Å². The Morgan fingerprint density at radius 3 is 2.39 bits per heavy atom. The lowest BCUT2D eigenvalue weighted by Gasteiger charge is -2.38. The predicted molar refractivity (Wildman–Crippen MR) is 134 cm³/mol. The van der Waals surface area contributed by atoms with Gasteiger partial charge in [0.15, 0.2) is 5.78 Å². The molecule has 3 unspecified atom stereocenters. The van der Waals surface area contributed by atoms with Gasteiger partial charge in [0.05, 0.1) is 19.3 Å². The van der Waals surface area contributed by atoms with Crippen LogP contribution in [0.25, 0.3) is 0 Å². The molecule has 188 valence electrons. The van der Waals surface area contributed by atoms with E-state index < -0.39 is 23.8 Å². The quantitative estimate of drug-likeness (QED) is 0.454. The van der Waals surface area contributed by atoms with Crippen LogP contribution in [-0.2, 0) is 30.5 Å². The summed E-state index contributed by atoms with van der Waals surface area (Å²) < 4.78 is 16.2. The minimum Gasteiger partial charge on any atom is -0.489 e. The van der Waals surface area contributed by atoms with Crippen molar-refractivity contribution >= 4 is 17.7 Å². The number of nitrogens with one attached hydrogen (secondary N) is 1. The van der Waals surface area contributed by atoms with E-state index in [-0.39, 0.29) is 18.3 Å². The maximum Gasteiger partial charge on any atom is 0.336 e. The van der Waals surface area contributed by atoms with Crippen molar-refractivity contribution in [3.63, 3.8) is 0 Å². The van der Waals surface area contributed by atoms with Gasteiger partial charge in [-0.25, -0.2) is 4.79 Å². The topological polar surface area (TPSA) is 90.9 Å². The van der Waals surface area contributed by atoms with Crippen LogP contribution >= 0.6 is 0 Å². The van der Waals surface area contributed by atoms with Gasteiger partial charge in [-0.05, 0) is 49.4 Å². The van der Waals surface area contributed by atoms with E-state index >= 15 is 0 Å². The SMILES string of the molecule is CCOC(=O)C1=C(C)NC2=C(C(=O)C(C(=O)OC)C(C)C2)C1c1ccc(OCc2ccccc2)cc1. The second kappa shape index (κ2) is 10.8. The van der Waals surface area contributed by atoms with Crippen molar-refractivity contribution in [2.45, 2.75) is 39.7 Å². The molecule has 4 rings (SSSR count). The summed E-state index contributed by atoms with van der Waals surface area (Å²) in [6, 6.07) is 17.2. The highest BCUT2D eigenvalue weighted by Gasteiger charge is 2.47. The van der Waals surface area contributed by atoms with Gasteiger partial charge in [0.2, 0.25) is 0 Å². The van der Waals surface area contributed by atoms with Crippen LogP contribution in [0.4, 0.5) is 0 Å². The van der Waals surface area contributed by atoms with Crippen LogP contribution in [0.1, 0.15) is 44.2 Å². The molecule has 2 aromatic rings. The van der Waals surface area contributed by atoms with Crippen molar-refractivity contribution in [2.75, 3.05) is 13.7 Å². The van der Waals surface area contributed by atoms with Crippen molar-refractivity contribution in [3.05, 3.63) is 88.3 Å². The first-order chi connectivity index (χ1) is 17.3. The fourth-order valence-corrected chi connectivity index (χ4v) is 4.99. The monoisotopic (exact) mass is 489 g/mol. The highest BCUT2D eigenvalue weighted by Crippen LogP contribution is 2.45. The number of ketones is 1. The standard InChI is InChI=1S/C29H31NO6/c1-5-35-29(33)24-18(3)30-22-15-17(2)23(28(32)34-4)27(31)26(22)25(24)20-11-13-21(14-12-20)36-16-19-9-7-6-8-10-19/h6-14,17,23,25,30H,5,15-16H2,1-4H3. The van der Waals surface area contributed by atoms with Crippen LogP contribution in [0.5, 0.6) is 5.75 Å². The molecule has 0 saturated heterocycles. The second-order valence-electron chi connectivity index (χ2n) is 9.10. The molecular weight excluding hydrogens is 458 g/mol. The third-order valence-corrected chi connectivity index (χ3v) is 6.70. The summed E-state index contributed by atoms with van der Waals surface area (Å²) >= 11 is 0. The van der Waals surface area contributed by atoms with Gasteiger partial charge in [0, 0.05) is 22.9 Å². The summed E-state index contributed by atoms with van der Waals surface area (Å²) in [6.45, 7) is 6.04. The molecule has 36 heavy (non-hydrogen) atoms. The number of hydrogen-bond donors (Lipinski definition) is 1. The molecule has 7 heteroatoms. The van der Waals surface area contributed by atoms with Crippen LogP contribution in [-0.4, -0.2) is 31.4 Å². The summed E-state index contributed by atoms with van der Waals surface area (Å²) in [5.41, 5.74) is 3.93. The number of carbonyl (C=O) groups excluding carboxylic acids is 3. The van der Waals surface area contributed by atoms with Gasteiger partial charge >= 0.3 is 11.9 Å². The van der Waals surface area contributed by atoms with E-state index in [0.717, 1.165) is 16.8 Å². The first-order valence-electron chi connectivity index (χ1n) is 12.1. The van der Waals surface area contributed by atoms with Crippen LogP contribution in [0.2, 0.25) is 0 Å². The first-order valence-corrected chi connectivity index (χ1v) is 12.1. The van der Waals surface area contributed by atoms with Gasteiger partial charge in [0.25, 0.3) is 0 Å². The zero-order chi connectivity index (χ0) is 25.8. The molecule has 2 aromatic carbocycles. The lowest BCUT2D eigenvalue weighted by atomic mass is 9.69. The van der Waals surface area contributed by atoms with E-state index in [1.165, 1.54) is 7.11 Å². The molecule has 2 aliphatic rings. The average molecular weight is 490 g/mol. The summed E-state index contributed by atoms with van der Waals surface area (Å²) in [5.74, 6) is -2.55. The van der Waals surface area contributed by atoms with E-state index in [0.29, 0.717) is 35.6 Å². The normalized spacial score (nSPS) is 21.4. The van der Waals surface area contributed by atoms with Gasteiger partial charge in [-0.3, -0.25) is 9.59 Å². The van der Waals surface area contributed by atoms with E-state index in [2.05, 4.69) is 5.32 Å². The van der Waals surface area contributed by atoms with Crippen LogP contribution in [0, 0.1) is 11.8 Å². The molecular formula is C29H31NO6. The number of Topliss-reactive ketones (excluding diaryl/α,β-unsaturated/α-hetero) is 1. The Morgan fingerprint density at radius 2 is 1.75 bits per heavy atom. The van der Waals surface area contributed by atoms with Gasteiger partial charge < -0.3 is 19.5 Å². The second-order valence-corrected chi connectivity index (χ2v) is 9.10. The molecule has 0 spiro atoms. The molecule has 1 N–H and O–H groups in total. The van der Waals surface area contributed by atoms with Gasteiger partial charge in [-0.1, -0.05) is 49.4 Å². The lowest BCUT2D eigenvalue weighted by Crippen LogP contribution is -2.43. The zero-order valence-corrected chi connectivity index (χ0v) is 21.0. The first kappa shape index (κ1) is 25.2. The predicted octanol–water partition coefficient (Wildman–Crippen LogP) is 4.44. The number of methoxy groups -OCH3 is 1. The number of carbonyl (C=O) groups is 3. The molecule has 0 amide bonds. The molecule has 0 saturated carbocycles. The summed E-state index contributed by atoms with van der Waals surface area (Å²) in [5, 5.41) is 3.26. The Kier molecular flexibility index (Phi) is 7.58.